The average molecular weight is 278 g/mol. The number of nitrogens with one attached hydrogen (secondary N) is 2. The zero-order valence-corrected chi connectivity index (χ0v) is 10.7. The molecule has 0 aliphatic rings. The van der Waals surface area contributed by atoms with Gasteiger partial charge in [-0.3, -0.25) is 9.59 Å². The molecule has 1 amide bonds. The fourth-order valence-electron chi connectivity index (χ4n) is 1.40. The third-order valence-electron chi connectivity index (χ3n) is 2.33. The molecule has 2 N–H and O–H groups in total. The van der Waals surface area contributed by atoms with Crippen molar-refractivity contribution in [1.29, 1.82) is 0 Å². The van der Waals surface area contributed by atoms with Crippen molar-refractivity contribution in [3.63, 3.8) is 0 Å². The Morgan fingerprint density at radius 2 is 2.11 bits per heavy atom. The standard InChI is InChI=1S/C12H10N2O4S/c1-18-12(17)10-8(4-5-19-10)14-11(16)7-2-3-9(15)13-6-7/h2-6H,1H3,(H,13,15)(H,14,16). The maximum atomic E-state index is 11.9. The van der Waals surface area contributed by atoms with Gasteiger partial charge in [-0.2, -0.15) is 0 Å². The van der Waals surface area contributed by atoms with E-state index in [-0.39, 0.29) is 5.56 Å². The number of thiophene rings is 1. The summed E-state index contributed by atoms with van der Waals surface area (Å²) in [4.78, 5) is 37.0. The number of methoxy groups -OCH3 is 1. The maximum Gasteiger partial charge on any atom is 0.350 e. The van der Waals surface area contributed by atoms with E-state index < -0.39 is 11.9 Å². The van der Waals surface area contributed by atoms with Crippen LogP contribution in [0.3, 0.4) is 0 Å². The van der Waals surface area contributed by atoms with Gasteiger partial charge in [-0.25, -0.2) is 4.79 Å². The van der Waals surface area contributed by atoms with Crippen LogP contribution in [0, 0.1) is 0 Å². The summed E-state index contributed by atoms with van der Waals surface area (Å²) in [5.41, 5.74) is 0.386. The summed E-state index contributed by atoms with van der Waals surface area (Å²) in [6.45, 7) is 0. The fraction of sp³-hybridized carbons (Fsp3) is 0.0833. The Kier molecular flexibility index (Phi) is 3.76. The predicted octanol–water partition coefficient (Wildman–Crippen LogP) is 1.48. The third kappa shape index (κ3) is 2.89. The Labute approximate surface area is 112 Å². The summed E-state index contributed by atoms with van der Waals surface area (Å²) in [5, 5.41) is 4.27. The Hall–Kier alpha value is -2.41. The molecule has 19 heavy (non-hydrogen) atoms. The van der Waals surface area contributed by atoms with E-state index in [1.165, 1.54) is 36.8 Å². The van der Waals surface area contributed by atoms with Crippen LogP contribution in [0.15, 0.2) is 34.6 Å². The van der Waals surface area contributed by atoms with E-state index >= 15 is 0 Å². The molecule has 0 aromatic carbocycles. The van der Waals surface area contributed by atoms with Crippen LogP contribution in [-0.2, 0) is 4.74 Å². The van der Waals surface area contributed by atoms with Crippen molar-refractivity contribution >= 4 is 28.9 Å². The second-order valence-electron chi connectivity index (χ2n) is 3.55. The number of amides is 1. The molecule has 0 spiro atoms. The third-order valence-corrected chi connectivity index (χ3v) is 3.23. The zero-order chi connectivity index (χ0) is 13.8. The van der Waals surface area contributed by atoms with E-state index in [1.807, 2.05) is 0 Å². The second-order valence-corrected chi connectivity index (χ2v) is 4.47. The van der Waals surface area contributed by atoms with Gasteiger partial charge in [0.05, 0.1) is 18.4 Å². The van der Waals surface area contributed by atoms with Gasteiger partial charge in [0.2, 0.25) is 5.56 Å². The van der Waals surface area contributed by atoms with Gasteiger partial charge in [0.25, 0.3) is 5.91 Å². The van der Waals surface area contributed by atoms with Crippen molar-refractivity contribution in [1.82, 2.24) is 4.98 Å². The lowest BCUT2D eigenvalue weighted by Crippen LogP contribution is -2.15. The highest BCUT2D eigenvalue weighted by Gasteiger charge is 2.16. The molecule has 0 saturated heterocycles. The van der Waals surface area contributed by atoms with E-state index in [2.05, 4.69) is 15.0 Å². The first-order valence-corrected chi connectivity index (χ1v) is 6.15. The molecule has 0 bridgehead atoms. The number of esters is 1. The van der Waals surface area contributed by atoms with Gasteiger partial charge in [0.1, 0.15) is 4.88 Å². The molecule has 2 heterocycles. The Morgan fingerprint density at radius 3 is 2.74 bits per heavy atom. The van der Waals surface area contributed by atoms with Crippen molar-refractivity contribution in [3.05, 3.63) is 50.6 Å². The molecule has 0 fully saturated rings. The summed E-state index contributed by atoms with van der Waals surface area (Å²) in [7, 11) is 1.27. The number of ether oxygens (including phenoxy) is 1. The Balaban J connectivity index is 2.20. The van der Waals surface area contributed by atoms with Gasteiger partial charge < -0.3 is 15.0 Å². The smallest absolute Gasteiger partial charge is 0.350 e. The van der Waals surface area contributed by atoms with Gasteiger partial charge in [-0.15, -0.1) is 11.3 Å². The minimum atomic E-state index is -0.508. The Bertz CT molecular complexity index is 654. The maximum absolute atomic E-state index is 11.9. The largest absolute Gasteiger partial charge is 0.465 e. The molecule has 0 aliphatic heterocycles. The van der Waals surface area contributed by atoms with Crippen LogP contribution < -0.4 is 10.9 Å². The van der Waals surface area contributed by atoms with Gasteiger partial charge in [0, 0.05) is 12.3 Å². The lowest BCUT2D eigenvalue weighted by atomic mass is 10.2. The number of pyridine rings is 1. The van der Waals surface area contributed by atoms with Gasteiger partial charge >= 0.3 is 5.97 Å². The monoisotopic (exact) mass is 278 g/mol. The second kappa shape index (κ2) is 5.49. The Morgan fingerprint density at radius 1 is 1.32 bits per heavy atom. The number of carbonyl (C=O) groups is 2. The highest BCUT2D eigenvalue weighted by atomic mass is 32.1. The normalized spacial score (nSPS) is 9.95. The number of carbonyl (C=O) groups excluding carboxylic acids is 2. The summed E-state index contributed by atoms with van der Waals surface area (Å²) >= 11 is 1.17. The van der Waals surface area contributed by atoms with E-state index in [0.717, 1.165) is 0 Å². The van der Waals surface area contributed by atoms with Crippen LogP contribution in [-0.4, -0.2) is 24.0 Å². The number of aromatic amines is 1. The van der Waals surface area contributed by atoms with Crippen molar-refractivity contribution in [2.45, 2.75) is 0 Å². The van der Waals surface area contributed by atoms with E-state index in [0.29, 0.717) is 16.1 Å². The van der Waals surface area contributed by atoms with Crippen molar-refractivity contribution in [2.24, 2.45) is 0 Å². The quantitative estimate of drug-likeness (QED) is 0.832. The molecule has 7 heteroatoms. The molecule has 2 aromatic rings. The molecule has 0 unspecified atom stereocenters. The molecule has 2 rings (SSSR count). The topological polar surface area (TPSA) is 88.3 Å². The summed E-state index contributed by atoms with van der Waals surface area (Å²) in [5.74, 6) is -0.924. The van der Waals surface area contributed by atoms with E-state index in [9.17, 15) is 14.4 Å². The molecule has 2 aromatic heterocycles. The number of anilines is 1. The summed E-state index contributed by atoms with van der Waals surface area (Å²) in [6, 6.07) is 4.27. The highest BCUT2D eigenvalue weighted by Crippen LogP contribution is 2.23. The lowest BCUT2D eigenvalue weighted by molar-refractivity contribution is 0.0607. The number of H-pyrrole nitrogens is 1. The first-order chi connectivity index (χ1) is 9.11. The number of hydrogen-bond donors (Lipinski definition) is 2. The fourth-order valence-corrected chi connectivity index (χ4v) is 2.17. The molecule has 0 aliphatic carbocycles. The van der Waals surface area contributed by atoms with Crippen LogP contribution in [0.2, 0.25) is 0 Å². The molecule has 0 atom stereocenters. The molecule has 98 valence electrons. The molecule has 0 radical (unpaired) electrons. The van der Waals surface area contributed by atoms with Crippen molar-refractivity contribution in [3.8, 4) is 0 Å². The number of aromatic nitrogens is 1. The minimum Gasteiger partial charge on any atom is -0.465 e. The van der Waals surface area contributed by atoms with Crippen LogP contribution in [0.5, 0.6) is 0 Å². The van der Waals surface area contributed by atoms with E-state index in [4.69, 9.17) is 0 Å². The minimum absolute atomic E-state index is 0.290. The highest BCUT2D eigenvalue weighted by molar-refractivity contribution is 7.12. The van der Waals surface area contributed by atoms with Crippen molar-refractivity contribution < 1.29 is 14.3 Å². The predicted molar refractivity (Wildman–Crippen MR) is 70.7 cm³/mol. The number of hydrogen-bond acceptors (Lipinski definition) is 5. The van der Waals surface area contributed by atoms with Crippen LogP contribution in [0.4, 0.5) is 5.69 Å². The van der Waals surface area contributed by atoms with Gasteiger partial charge in [0.15, 0.2) is 0 Å². The lowest BCUT2D eigenvalue weighted by Gasteiger charge is -2.05. The first kappa shape index (κ1) is 13.0. The van der Waals surface area contributed by atoms with Crippen molar-refractivity contribution in [2.75, 3.05) is 12.4 Å². The van der Waals surface area contributed by atoms with Crippen LogP contribution in [0.1, 0.15) is 20.0 Å². The summed E-state index contributed by atoms with van der Waals surface area (Å²) in [6.07, 6.45) is 1.31. The van der Waals surface area contributed by atoms with Gasteiger partial charge in [-0.1, -0.05) is 0 Å². The molecule has 6 nitrogen and oxygen atoms in total. The SMILES string of the molecule is COC(=O)c1sccc1NC(=O)c1ccc(=O)[nH]c1. The molecule has 0 saturated carbocycles. The summed E-state index contributed by atoms with van der Waals surface area (Å²) < 4.78 is 4.61. The van der Waals surface area contributed by atoms with Gasteiger partial charge in [-0.05, 0) is 17.5 Å². The average Bonchev–Trinajstić information content (AvgIpc) is 2.86. The number of rotatable bonds is 3. The van der Waals surface area contributed by atoms with Crippen LogP contribution >= 0.6 is 11.3 Å². The molecular weight excluding hydrogens is 268 g/mol. The van der Waals surface area contributed by atoms with E-state index in [1.54, 1.807) is 11.4 Å². The zero-order valence-electron chi connectivity index (χ0n) is 9.93. The van der Waals surface area contributed by atoms with Crippen LogP contribution in [0.25, 0.3) is 0 Å². The first-order valence-electron chi connectivity index (χ1n) is 5.27. The molecular formula is C12H10N2O4S.